The van der Waals surface area contributed by atoms with Gasteiger partial charge in [-0.3, -0.25) is 4.79 Å². The number of carbonyl (C=O) groups excluding carboxylic acids is 1. The van der Waals surface area contributed by atoms with E-state index in [9.17, 15) is 9.18 Å². The lowest BCUT2D eigenvalue weighted by Gasteiger charge is -1.95. The van der Waals surface area contributed by atoms with Crippen LogP contribution in [-0.2, 0) is 0 Å². The Labute approximate surface area is 70.5 Å². The zero-order chi connectivity index (χ0) is 8.97. The molecule has 0 unspecified atom stereocenters. The number of hydrogen-bond donors (Lipinski definition) is 0. The summed E-state index contributed by atoms with van der Waals surface area (Å²) in [5, 5.41) is 0. The normalized spacial score (nSPS) is 11.3. The van der Waals surface area contributed by atoms with Crippen molar-refractivity contribution in [1.29, 1.82) is 0 Å². The third kappa shape index (κ3) is 1.78. The van der Waals surface area contributed by atoms with E-state index in [0.717, 1.165) is 6.08 Å². The fourth-order valence-corrected chi connectivity index (χ4v) is 0.859. The lowest BCUT2D eigenvalue weighted by molar-refractivity contribution is 0.100. The molecule has 2 heteroatoms. The molecule has 1 rings (SSSR count). The molecule has 0 fully saturated rings. The van der Waals surface area contributed by atoms with Gasteiger partial charge in [-0.1, -0.05) is 30.3 Å². The van der Waals surface area contributed by atoms with Gasteiger partial charge in [0.15, 0.2) is 5.83 Å². The van der Waals surface area contributed by atoms with E-state index in [2.05, 4.69) is 0 Å². The maximum atomic E-state index is 12.7. The molecule has 0 aromatic heterocycles. The van der Waals surface area contributed by atoms with Gasteiger partial charge < -0.3 is 0 Å². The minimum absolute atomic E-state index is 0.383. The minimum Gasteiger partial charge on any atom is -0.286 e. The second-order valence-electron chi connectivity index (χ2n) is 2.33. The maximum Gasteiger partial charge on any atom is 0.220 e. The second kappa shape index (κ2) is 3.81. The molecule has 0 aliphatic carbocycles. The van der Waals surface area contributed by atoms with Crippen LogP contribution in [0.4, 0.5) is 4.39 Å². The Bertz CT molecular complexity index is 301. The molecular weight excluding hydrogens is 155 g/mol. The van der Waals surface area contributed by atoms with Crippen molar-refractivity contribution in [2.45, 2.75) is 6.92 Å². The van der Waals surface area contributed by atoms with Crippen LogP contribution in [0.5, 0.6) is 0 Å². The number of rotatable bonds is 2. The van der Waals surface area contributed by atoms with E-state index in [1.54, 1.807) is 30.3 Å². The lowest BCUT2D eigenvalue weighted by atomic mass is 10.1. The van der Waals surface area contributed by atoms with E-state index in [1.807, 2.05) is 0 Å². The molecule has 0 saturated heterocycles. The summed E-state index contributed by atoms with van der Waals surface area (Å²) in [5.41, 5.74) is 0.383. The van der Waals surface area contributed by atoms with Gasteiger partial charge >= 0.3 is 0 Å². The molecule has 62 valence electrons. The molecule has 0 atom stereocenters. The van der Waals surface area contributed by atoms with Gasteiger partial charge in [-0.2, -0.15) is 0 Å². The van der Waals surface area contributed by atoms with Gasteiger partial charge in [0.2, 0.25) is 5.78 Å². The number of carbonyl (C=O) groups is 1. The van der Waals surface area contributed by atoms with Crippen LogP contribution in [0.15, 0.2) is 42.2 Å². The highest BCUT2D eigenvalue weighted by Crippen LogP contribution is 2.08. The van der Waals surface area contributed by atoms with Crippen LogP contribution in [0.1, 0.15) is 17.3 Å². The molecule has 0 spiro atoms. The number of allylic oxidation sites excluding steroid dienone is 2. The first-order chi connectivity index (χ1) is 5.75. The zero-order valence-electron chi connectivity index (χ0n) is 6.75. The summed E-state index contributed by atoms with van der Waals surface area (Å²) in [6.07, 6.45) is 1.16. The van der Waals surface area contributed by atoms with Crippen LogP contribution in [0.3, 0.4) is 0 Å². The summed E-state index contributed by atoms with van der Waals surface area (Å²) in [7, 11) is 0. The van der Waals surface area contributed by atoms with Crippen molar-refractivity contribution in [2.75, 3.05) is 0 Å². The summed E-state index contributed by atoms with van der Waals surface area (Å²) in [6.45, 7) is 1.50. The molecule has 1 nitrogen and oxygen atoms in total. The minimum atomic E-state index is -0.707. The van der Waals surface area contributed by atoms with Crippen LogP contribution >= 0.6 is 0 Å². The van der Waals surface area contributed by atoms with Crippen molar-refractivity contribution in [1.82, 2.24) is 0 Å². The van der Waals surface area contributed by atoms with Gasteiger partial charge in [0.1, 0.15) is 0 Å². The van der Waals surface area contributed by atoms with Crippen molar-refractivity contribution in [3.05, 3.63) is 47.8 Å². The van der Waals surface area contributed by atoms with Crippen LogP contribution in [0.2, 0.25) is 0 Å². The molecule has 0 saturated carbocycles. The Morgan fingerprint density at radius 3 is 2.42 bits per heavy atom. The molecule has 0 bridgehead atoms. The van der Waals surface area contributed by atoms with Crippen LogP contribution in [0.25, 0.3) is 0 Å². The summed E-state index contributed by atoms with van der Waals surface area (Å²) in [4.78, 5) is 11.1. The molecule has 0 radical (unpaired) electrons. The molecule has 0 aliphatic heterocycles. The van der Waals surface area contributed by atoms with E-state index < -0.39 is 11.6 Å². The summed E-state index contributed by atoms with van der Waals surface area (Å²) in [6, 6.07) is 8.37. The van der Waals surface area contributed by atoms with Gasteiger partial charge in [-0.25, -0.2) is 4.39 Å². The molecule has 0 aliphatic rings. The Kier molecular flexibility index (Phi) is 2.75. The SMILES string of the molecule is CC=C(F)C(=O)c1ccccc1. The van der Waals surface area contributed by atoms with Crippen molar-refractivity contribution in [3.8, 4) is 0 Å². The summed E-state index contributed by atoms with van der Waals surface area (Å²) >= 11 is 0. The number of benzene rings is 1. The molecule has 0 amide bonds. The molecule has 0 heterocycles. The highest BCUT2D eigenvalue weighted by molar-refractivity contribution is 6.06. The molecule has 12 heavy (non-hydrogen) atoms. The Hall–Kier alpha value is -1.44. The van der Waals surface area contributed by atoms with Crippen LogP contribution < -0.4 is 0 Å². The topological polar surface area (TPSA) is 17.1 Å². The van der Waals surface area contributed by atoms with Gasteiger partial charge in [-0.15, -0.1) is 0 Å². The highest BCUT2D eigenvalue weighted by Gasteiger charge is 2.08. The second-order valence-corrected chi connectivity index (χ2v) is 2.33. The standard InChI is InChI=1S/C10H9FO/c1-2-9(11)10(12)8-6-4-3-5-7-8/h2-7H,1H3. The first-order valence-electron chi connectivity index (χ1n) is 3.67. The first kappa shape index (κ1) is 8.65. The summed E-state index contributed by atoms with van der Waals surface area (Å²) in [5.74, 6) is -1.26. The molecule has 1 aromatic carbocycles. The average molecular weight is 164 g/mol. The lowest BCUT2D eigenvalue weighted by Crippen LogP contribution is -1.98. The molecular formula is C10H9FO. The molecule has 0 N–H and O–H groups in total. The number of halogens is 1. The van der Waals surface area contributed by atoms with Gasteiger partial charge in [0.05, 0.1) is 0 Å². The predicted molar refractivity (Wildman–Crippen MR) is 45.6 cm³/mol. The van der Waals surface area contributed by atoms with E-state index >= 15 is 0 Å². The van der Waals surface area contributed by atoms with Crippen molar-refractivity contribution in [3.63, 3.8) is 0 Å². The number of ketones is 1. The fourth-order valence-electron chi connectivity index (χ4n) is 0.859. The fraction of sp³-hybridized carbons (Fsp3) is 0.100. The number of Topliss-reactive ketones (excluding diaryl/α,β-unsaturated/α-hetero) is 1. The van der Waals surface area contributed by atoms with E-state index in [0.29, 0.717) is 5.56 Å². The van der Waals surface area contributed by atoms with E-state index in [-0.39, 0.29) is 0 Å². The Balaban J connectivity index is 2.94. The van der Waals surface area contributed by atoms with Crippen LogP contribution in [0, 0.1) is 0 Å². The third-order valence-corrected chi connectivity index (χ3v) is 1.51. The Morgan fingerprint density at radius 1 is 1.33 bits per heavy atom. The quantitative estimate of drug-likeness (QED) is 0.485. The highest BCUT2D eigenvalue weighted by atomic mass is 19.1. The van der Waals surface area contributed by atoms with Crippen molar-refractivity contribution >= 4 is 5.78 Å². The average Bonchev–Trinajstić information content (AvgIpc) is 2.17. The summed E-state index contributed by atoms with van der Waals surface area (Å²) < 4.78 is 12.7. The maximum absolute atomic E-state index is 12.7. The van der Waals surface area contributed by atoms with Gasteiger partial charge in [0.25, 0.3) is 0 Å². The van der Waals surface area contributed by atoms with Gasteiger partial charge in [0, 0.05) is 5.56 Å². The third-order valence-electron chi connectivity index (χ3n) is 1.51. The largest absolute Gasteiger partial charge is 0.286 e. The van der Waals surface area contributed by atoms with Crippen molar-refractivity contribution < 1.29 is 9.18 Å². The smallest absolute Gasteiger partial charge is 0.220 e. The monoisotopic (exact) mass is 164 g/mol. The number of hydrogen-bond acceptors (Lipinski definition) is 1. The zero-order valence-corrected chi connectivity index (χ0v) is 6.75. The van der Waals surface area contributed by atoms with Crippen molar-refractivity contribution in [2.24, 2.45) is 0 Å². The van der Waals surface area contributed by atoms with E-state index in [1.165, 1.54) is 6.92 Å². The van der Waals surface area contributed by atoms with Gasteiger partial charge in [-0.05, 0) is 13.0 Å². The predicted octanol–water partition coefficient (Wildman–Crippen LogP) is 2.74. The Morgan fingerprint density at radius 2 is 1.92 bits per heavy atom. The first-order valence-corrected chi connectivity index (χ1v) is 3.67. The van der Waals surface area contributed by atoms with E-state index in [4.69, 9.17) is 0 Å². The van der Waals surface area contributed by atoms with Crippen LogP contribution in [-0.4, -0.2) is 5.78 Å². The molecule has 1 aromatic rings.